The zero-order valence-electron chi connectivity index (χ0n) is 12.2. The van der Waals surface area contributed by atoms with E-state index >= 15 is 0 Å². The fraction of sp³-hybridized carbons (Fsp3) is 0.375. The van der Waals surface area contributed by atoms with E-state index in [0.29, 0.717) is 10.0 Å². The molecule has 7 heteroatoms. The van der Waals surface area contributed by atoms with Gasteiger partial charge in [0.25, 0.3) is 0 Å². The van der Waals surface area contributed by atoms with Crippen molar-refractivity contribution in [2.45, 2.75) is 12.2 Å². The van der Waals surface area contributed by atoms with Crippen molar-refractivity contribution in [3.8, 4) is 0 Å². The van der Waals surface area contributed by atoms with Crippen LogP contribution >= 0.6 is 27.3 Å². The zero-order valence-corrected chi connectivity index (χ0v) is 14.6. The van der Waals surface area contributed by atoms with Crippen LogP contribution in [0.3, 0.4) is 0 Å². The Bertz CT molecular complexity index is 652. The number of hydrogen-bond acceptors (Lipinski definition) is 3. The molecule has 3 rings (SSSR count). The molecule has 1 fully saturated rings. The van der Waals surface area contributed by atoms with E-state index in [1.807, 2.05) is 16.8 Å². The van der Waals surface area contributed by atoms with Crippen molar-refractivity contribution in [2.75, 3.05) is 26.2 Å². The summed E-state index contributed by atoms with van der Waals surface area (Å²) in [6.45, 7) is 3.32. The Balaban J connectivity index is 2.04. The molecule has 0 saturated carbocycles. The first-order chi connectivity index (χ1) is 10.9. The highest BCUT2D eigenvalue weighted by Gasteiger charge is 2.33. The van der Waals surface area contributed by atoms with E-state index in [2.05, 4.69) is 26.1 Å². The summed E-state index contributed by atoms with van der Waals surface area (Å²) < 4.78 is 39.9. The molecule has 0 bridgehead atoms. The molecule has 1 aromatic heterocycles. The third-order valence-corrected chi connectivity index (χ3v) is 5.10. The van der Waals surface area contributed by atoms with Crippen LogP contribution in [0.4, 0.5) is 13.2 Å². The van der Waals surface area contributed by atoms with Gasteiger partial charge in [0.2, 0.25) is 0 Å². The summed E-state index contributed by atoms with van der Waals surface area (Å²) in [5, 5.41) is 7.27. The van der Waals surface area contributed by atoms with Crippen molar-refractivity contribution >= 4 is 27.3 Å². The summed E-state index contributed by atoms with van der Waals surface area (Å²) in [4.78, 5) is 2.24. The molecule has 2 heterocycles. The molecule has 23 heavy (non-hydrogen) atoms. The summed E-state index contributed by atoms with van der Waals surface area (Å²) in [6.07, 6.45) is -4.35. The molecular weight excluding hydrogens is 389 g/mol. The Hall–Kier alpha value is -0.890. The minimum Gasteiger partial charge on any atom is -0.314 e. The SMILES string of the molecule is FC(F)(F)c1cc(Br)cc([C@H](c2ccsc2)N2CCNCC2)c1. The number of halogens is 4. The lowest BCUT2D eigenvalue weighted by Crippen LogP contribution is -2.45. The van der Waals surface area contributed by atoms with Crippen LogP contribution in [-0.2, 0) is 6.18 Å². The average Bonchev–Trinajstić information content (AvgIpc) is 3.01. The van der Waals surface area contributed by atoms with Gasteiger partial charge in [-0.15, -0.1) is 0 Å². The predicted octanol–water partition coefficient (Wildman–Crippen LogP) is 4.52. The lowest BCUT2D eigenvalue weighted by Gasteiger charge is -2.35. The van der Waals surface area contributed by atoms with Crippen LogP contribution in [-0.4, -0.2) is 31.1 Å². The molecule has 1 N–H and O–H groups in total. The quantitative estimate of drug-likeness (QED) is 0.808. The van der Waals surface area contributed by atoms with Crippen LogP contribution in [0.25, 0.3) is 0 Å². The largest absolute Gasteiger partial charge is 0.416 e. The summed E-state index contributed by atoms with van der Waals surface area (Å²) in [5.74, 6) is 0. The molecule has 124 valence electrons. The monoisotopic (exact) mass is 404 g/mol. The van der Waals surface area contributed by atoms with Crippen LogP contribution in [0.15, 0.2) is 39.5 Å². The standard InChI is InChI=1S/C16H16BrF3N2S/c17-14-8-12(7-13(9-14)16(18,19)20)15(11-1-6-23-10-11)22-4-2-21-3-5-22/h1,6-10,15,21H,2-5H2/t15-/m0/s1. The van der Waals surface area contributed by atoms with Gasteiger partial charge in [0.05, 0.1) is 11.6 Å². The molecule has 0 aliphatic carbocycles. The van der Waals surface area contributed by atoms with Crippen LogP contribution in [0.5, 0.6) is 0 Å². The second kappa shape index (κ2) is 6.93. The number of nitrogens with zero attached hydrogens (tertiary/aromatic N) is 1. The maximum Gasteiger partial charge on any atom is 0.416 e. The molecule has 0 spiro atoms. The Morgan fingerprint density at radius 2 is 1.87 bits per heavy atom. The van der Waals surface area contributed by atoms with Crippen molar-refractivity contribution < 1.29 is 13.2 Å². The van der Waals surface area contributed by atoms with Gasteiger partial charge in [0.1, 0.15) is 0 Å². The Labute approximate surface area is 145 Å². The number of rotatable bonds is 3. The second-order valence-corrected chi connectivity index (χ2v) is 7.21. The minimum atomic E-state index is -4.35. The number of benzene rings is 1. The van der Waals surface area contributed by atoms with Crippen molar-refractivity contribution in [1.29, 1.82) is 0 Å². The van der Waals surface area contributed by atoms with Gasteiger partial charge >= 0.3 is 6.18 Å². The van der Waals surface area contributed by atoms with Gasteiger partial charge in [-0.2, -0.15) is 24.5 Å². The molecule has 2 aromatic rings. The predicted molar refractivity (Wildman–Crippen MR) is 89.7 cm³/mol. The fourth-order valence-corrected chi connectivity index (χ4v) is 4.11. The molecule has 1 aliphatic heterocycles. The third-order valence-electron chi connectivity index (χ3n) is 3.94. The lowest BCUT2D eigenvalue weighted by atomic mass is 9.97. The van der Waals surface area contributed by atoms with E-state index in [4.69, 9.17) is 0 Å². The number of thiophene rings is 1. The van der Waals surface area contributed by atoms with E-state index in [0.717, 1.165) is 37.8 Å². The highest BCUT2D eigenvalue weighted by molar-refractivity contribution is 9.10. The summed E-state index contributed by atoms with van der Waals surface area (Å²) in [7, 11) is 0. The molecule has 1 aliphatic rings. The Morgan fingerprint density at radius 1 is 1.13 bits per heavy atom. The number of nitrogens with one attached hydrogen (secondary N) is 1. The van der Waals surface area contributed by atoms with Crippen LogP contribution < -0.4 is 5.32 Å². The lowest BCUT2D eigenvalue weighted by molar-refractivity contribution is -0.137. The number of alkyl halides is 3. The van der Waals surface area contributed by atoms with E-state index in [1.54, 1.807) is 17.4 Å². The molecule has 1 aromatic carbocycles. The Kier molecular flexibility index (Phi) is 5.10. The van der Waals surface area contributed by atoms with E-state index in [1.165, 1.54) is 6.07 Å². The number of hydrogen-bond donors (Lipinski definition) is 1. The molecule has 1 saturated heterocycles. The average molecular weight is 405 g/mol. The van der Waals surface area contributed by atoms with Gasteiger partial charge in [-0.1, -0.05) is 15.9 Å². The maximum atomic E-state index is 13.2. The second-order valence-electron chi connectivity index (χ2n) is 5.52. The highest BCUT2D eigenvalue weighted by atomic mass is 79.9. The van der Waals surface area contributed by atoms with Crippen LogP contribution in [0.1, 0.15) is 22.7 Å². The summed E-state index contributed by atoms with van der Waals surface area (Å²) >= 11 is 4.80. The fourth-order valence-electron chi connectivity index (χ4n) is 2.92. The van der Waals surface area contributed by atoms with Crippen molar-refractivity contribution in [1.82, 2.24) is 10.2 Å². The van der Waals surface area contributed by atoms with Gasteiger partial charge < -0.3 is 5.32 Å². The van der Waals surface area contributed by atoms with E-state index in [9.17, 15) is 13.2 Å². The first-order valence-corrected chi connectivity index (χ1v) is 9.03. The zero-order chi connectivity index (χ0) is 16.4. The molecular formula is C16H16BrF3N2S. The molecule has 1 atom stereocenters. The van der Waals surface area contributed by atoms with Crippen LogP contribution in [0, 0.1) is 0 Å². The molecule has 0 unspecified atom stereocenters. The highest BCUT2D eigenvalue weighted by Crippen LogP contribution is 2.37. The third kappa shape index (κ3) is 3.96. The topological polar surface area (TPSA) is 15.3 Å². The van der Waals surface area contributed by atoms with E-state index < -0.39 is 11.7 Å². The van der Waals surface area contributed by atoms with Crippen LogP contribution in [0.2, 0.25) is 0 Å². The van der Waals surface area contributed by atoms with Crippen molar-refractivity contribution in [3.63, 3.8) is 0 Å². The van der Waals surface area contributed by atoms with Gasteiger partial charge in [-0.3, -0.25) is 4.90 Å². The molecule has 0 amide bonds. The summed E-state index contributed by atoms with van der Waals surface area (Å²) in [5.41, 5.74) is 1.10. The number of piperazine rings is 1. The maximum absolute atomic E-state index is 13.2. The van der Waals surface area contributed by atoms with E-state index in [-0.39, 0.29) is 6.04 Å². The normalized spacial score (nSPS) is 18.1. The molecule has 0 radical (unpaired) electrons. The van der Waals surface area contributed by atoms with Gasteiger partial charge in [-0.25, -0.2) is 0 Å². The van der Waals surface area contributed by atoms with Gasteiger partial charge in [0, 0.05) is 30.7 Å². The first kappa shape index (κ1) is 17.0. The smallest absolute Gasteiger partial charge is 0.314 e. The molecule has 2 nitrogen and oxygen atoms in total. The van der Waals surface area contributed by atoms with Crippen molar-refractivity contribution in [3.05, 3.63) is 56.2 Å². The van der Waals surface area contributed by atoms with Gasteiger partial charge in [0.15, 0.2) is 0 Å². The van der Waals surface area contributed by atoms with Gasteiger partial charge in [-0.05, 0) is 46.2 Å². The van der Waals surface area contributed by atoms with Crippen molar-refractivity contribution in [2.24, 2.45) is 0 Å². The first-order valence-electron chi connectivity index (χ1n) is 7.30. The summed E-state index contributed by atoms with van der Waals surface area (Å²) in [6, 6.07) is 6.04. The Morgan fingerprint density at radius 3 is 2.48 bits per heavy atom. The minimum absolute atomic E-state index is 0.151.